The van der Waals surface area contributed by atoms with Gasteiger partial charge in [0.25, 0.3) is 5.91 Å². The lowest BCUT2D eigenvalue weighted by molar-refractivity contribution is -0.117. The maximum atomic E-state index is 15.1. The van der Waals surface area contributed by atoms with Gasteiger partial charge < -0.3 is 15.2 Å². The van der Waals surface area contributed by atoms with Crippen molar-refractivity contribution >= 4 is 28.6 Å². The summed E-state index contributed by atoms with van der Waals surface area (Å²) in [4.78, 5) is 18.1. The lowest BCUT2D eigenvalue weighted by atomic mass is 9.79. The van der Waals surface area contributed by atoms with Gasteiger partial charge in [0.1, 0.15) is 17.5 Å². The van der Waals surface area contributed by atoms with E-state index in [1.165, 1.54) is 6.08 Å². The summed E-state index contributed by atoms with van der Waals surface area (Å²) in [6.07, 6.45) is 4.87. The molecule has 0 saturated carbocycles. The number of fused-ring (bicyclic) bond motifs is 2. The number of carbonyl (C=O) groups excluding carboxylic acids is 1. The molecule has 1 aliphatic rings. The Hall–Kier alpha value is -3.59. The third-order valence-electron chi connectivity index (χ3n) is 6.84. The summed E-state index contributed by atoms with van der Waals surface area (Å²) in [7, 11) is 0. The van der Waals surface area contributed by atoms with Crippen molar-refractivity contribution in [3.05, 3.63) is 70.7 Å². The molecule has 4 rings (SSSR count). The van der Waals surface area contributed by atoms with Gasteiger partial charge in [-0.05, 0) is 74.9 Å². The smallest absolute Gasteiger partial charge is 0.261 e. The number of benzene rings is 2. The Kier molecular flexibility index (Phi) is 6.47. The van der Waals surface area contributed by atoms with E-state index in [9.17, 15) is 10.1 Å². The van der Waals surface area contributed by atoms with Crippen molar-refractivity contribution in [2.45, 2.75) is 52.0 Å². The van der Waals surface area contributed by atoms with Crippen LogP contribution in [-0.2, 0) is 11.2 Å². The van der Waals surface area contributed by atoms with Crippen molar-refractivity contribution in [2.24, 2.45) is 0 Å². The molecule has 6 heteroatoms. The summed E-state index contributed by atoms with van der Waals surface area (Å²) < 4.78 is 15.1. The van der Waals surface area contributed by atoms with Crippen molar-refractivity contribution < 1.29 is 9.18 Å². The Morgan fingerprint density at radius 2 is 2.12 bits per heavy atom. The van der Waals surface area contributed by atoms with Crippen LogP contribution < -0.4 is 10.2 Å². The van der Waals surface area contributed by atoms with Gasteiger partial charge in [-0.2, -0.15) is 5.26 Å². The molecule has 1 aromatic heterocycles. The van der Waals surface area contributed by atoms with Gasteiger partial charge in [0.15, 0.2) is 0 Å². The lowest BCUT2D eigenvalue weighted by Gasteiger charge is -2.47. The van der Waals surface area contributed by atoms with E-state index in [4.69, 9.17) is 0 Å². The first-order chi connectivity index (χ1) is 16.2. The van der Waals surface area contributed by atoms with Crippen molar-refractivity contribution in [1.29, 1.82) is 5.26 Å². The predicted octanol–water partition coefficient (Wildman–Crippen LogP) is 5.68. The fourth-order valence-electron chi connectivity index (χ4n) is 5.28. The Morgan fingerprint density at radius 3 is 2.85 bits per heavy atom. The first kappa shape index (κ1) is 23.6. The minimum atomic E-state index is -0.496. The third-order valence-corrected chi connectivity index (χ3v) is 6.84. The molecule has 0 aliphatic carbocycles. The number of hydrogen-bond donors (Lipinski definition) is 2. The molecule has 2 aromatic carbocycles. The molecule has 0 spiro atoms. The second-order valence-electron chi connectivity index (χ2n) is 9.63. The molecule has 2 heterocycles. The molecule has 0 fully saturated rings. The zero-order valence-corrected chi connectivity index (χ0v) is 20.2. The van der Waals surface area contributed by atoms with Crippen molar-refractivity contribution in [2.75, 3.05) is 18.0 Å². The summed E-state index contributed by atoms with van der Waals surface area (Å²) in [5, 5.41) is 13.5. The average Bonchev–Trinajstić information content (AvgIpc) is 3.20. The van der Waals surface area contributed by atoms with E-state index in [0.717, 1.165) is 40.7 Å². The molecule has 2 N–H and O–H groups in total. The number of aromatic amines is 1. The van der Waals surface area contributed by atoms with Gasteiger partial charge in [0.2, 0.25) is 0 Å². The SMILES string of the molecule is CCN1c2cc(F)c(/C=C(\C#N)C(=O)NCCc3c[nH]c4ccccc34)cc2C(C)CC1(C)C. The van der Waals surface area contributed by atoms with Gasteiger partial charge in [-0.15, -0.1) is 0 Å². The summed E-state index contributed by atoms with van der Waals surface area (Å²) in [5.74, 6) is -0.679. The second-order valence-corrected chi connectivity index (χ2v) is 9.63. The Morgan fingerprint density at radius 1 is 1.35 bits per heavy atom. The number of halogens is 1. The quantitative estimate of drug-likeness (QED) is 0.368. The predicted molar refractivity (Wildman–Crippen MR) is 135 cm³/mol. The van der Waals surface area contributed by atoms with Crippen LogP contribution in [0, 0.1) is 17.1 Å². The molecular formula is C28H31FN4O. The van der Waals surface area contributed by atoms with Crippen LogP contribution in [0.15, 0.2) is 48.2 Å². The number of nitrogens with one attached hydrogen (secondary N) is 2. The zero-order valence-electron chi connectivity index (χ0n) is 20.2. The van der Waals surface area contributed by atoms with Gasteiger partial charge in [-0.1, -0.05) is 25.1 Å². The number of amides is 1. The minimum Gasteiger partial charge on any atom is -0.366 e. The van der Waals surface area contributed by atoms with E-state index in [0.29, 0.717) is 13.0 Å². The van der Waals surface area contributed by atoms with E-state index in [1.54, 1.807) is 12.1 Å². The molecule has 0 saturated heterocycles. The van der Waals surface area contributed by atoms with Gasteiger partial charge in [-0.3, -0.25) is 4.79 Å². The summed E-state index contributed by atoms with van der Waals surface area (Å²) in [5.41, 5.74) is 4.18. The van der Waals surface area contributed by atoms with Gasteiger partial charge in [0.05, 0.1) is 0 Å². The molecule has 5 nitrogen and oxygen atoms in total. The highest BCUT2D eigenvalue weighted by atomic mass is 19.1. The van der Waals surface area contributed by atoms with Crippen LogP contribution in [0.3, 0.4) is 0 Å². The minimum absolute atomic E-state index is 0.0620. The molecule has 1 amide bonds. The van der Waals surface area contributed by atoms with Gasteiger partial charge in [0, 0.05) is 47.0 Å². The maximum absolute atomic E-state index is 15.1. The van der Waals surface area contributed by atoms with Crippen molar-refractivity contribution in [1.82, 2.24) is 10.3 Å². The number of carbonyl (C=O) groups is 1. The fourth-order valence-corrected chi connectivity index (χ4v) is 5.28. The van der Waals surface area contributed by atoms with Crippen molar-refractivity contribution in [3.63, 3.8) is 0 Å². The topological polar surface area (TPSA) is 71.9 Å². The number of nitrogens with zero attached hydrogens (tertiary/aromatic N) is 2. The molecule has 0 bridgehead atoms. The number of nitriles is 1. The standard InChI is InChI=1S/C28H31FN4O/c1-5-33-26-14-24(29)20(13-23(26)18(2)15-28(33,3)4)12-21(16-30)27(34)31-11-10-19-17-32-25-9-7-6-8-22(19)25/h6-9,12-14,17-18,32H,5,10-11,15H2,1-4H3,(H,31,34)/b21-12+. The van der Waals surface area contributed by atoms with E-state index in [1.807, 2.05) is 36.5 Å². The monoisotopic (exact) mass is 458 g/mol. The molecule has 176 valence electrons. The van der Waals surface area contributed by atoms with Crippen LogP contribution in [0.4, 0.5) is 10.1 Å². The lowest BCUT2D eigenvalue weighted by Crippen LogP contribution is -2.48. The van der Waals surface area contributed by atoms with Gasteiger partial charge in [-0.25, -0.2) is 4.39 Å². The van der Waals surface area contributed by atoms with E-state index < -0.39 is 11.7 Å². The van der Waals surface area contributed by atoms with Crippen LogP contribution in [0.2, 0.25) is 0 Å². The fraction of sp³-hybridized carbons (Fsp3) is 0.357. The number of hydrogen-bond acceptors (Lipinski definition) is 3. The van der Waals surface area contributed by atoms with Crippen LogP contribution in [0.25, 0.3) is 17.0 Å². The van der Waals surface area contributed by atoms with Crippen molar-refractivity contribution in [3.8, 4) is 6.07 Å². The highest BCUT2D eigenvalue weighted by Crippen LogP contribution is 2.44. The molecule has 34 heavy (non-hydrogen) atoms. The number of para-hydroxylation sites is 1. The van der Waals surface area contributed by atoms with E-state index in [-0.39, 0.29) is 22.6 Å². The van der Waals surface area contributed by atoms with E-state index in [2.05, 4.69) is 42.9 Å². The average molecular weight is 459 g/mol. The Balaban J connectivity index is 1.52. The highest BCUT2D eigenvalue weighted by Gasteiger charge is 2.36. The molecule has 1 atom stereocenters. The molecular weight excluding hydrogens is 427 g/mol. The Labute approximate surface area is 200 Å². The second kappa shape index (κ2) is 9.34. The number of rotatable bonds is 6. The number of anilines is 1. The molecule has 3 aromatic rings. The largest absolute Gasteiger partial charge is 0.366 e. The zero-order chi connectivity index (χ0) is 24.5. The molecule has 0 radical (unpaired) electrons. The first-order valence-electron chi connectivity index (χ1n) is 11.8. The van der Waals surface area contributed by atoms with Crippen LogP contribution in [0.5, 0.6) is 0 Å². The summed E-state index contributed by atoms with van der Waals surface area (Å²) >= 11 is 0. The summed E-state index contributed by atoms with van der Waals surface area (Å²) in [6.45, 7) is 9.73. The van der Waals surface area contributed by atoms with Crippen LogP contribution >= 0.6 is 0 Å². The van der Waals surface area contributed by atoms with Gasteiger partial charge >= 0.3 is 0 Å². The van der Waals surface area contributed by atoms with Crippen LogP contribution in [0.1, 0.15) is 56.7 Å². The number of aromatic nitrogens is 1. The molecule has 1 aliphatic heterocycles. The first-order valence-corrected chi connectivity index (χ1v) is 11.8. The maximum Gasteiger partial charge on any atom is 0.261 e. The van der Waals surface area contributed by atoms with E-state index >= 15 is 4.39 Å². The van der Waals surface area contributed by atoms with Crippen LogP contribution in [-0.4, -0.2) is 29.5 Å². The summed E-state index contributed by atoms with van der Waals surface area (Å²) in [6, 6.07) is 13.3. The third kappa shape index (κ3) is 4.43. The molecule has 1 unspecified atom stereocenters. The Bertz CT molecular complexity index is 1300. The normalized spacial score (nSPS) is 17.4. The highest BCUT2D eigenvalue weighted by molar-refractivity contribution is 6.01. The number of H-pyrrole nitrogens is 1.